The Bertz CT molecular complexity index is 316. The monoisotopic (exact) mass is 164 g/mol. The summed E-state index contributed by atoms with van der Waals surface area (Å²) in [6.45, 7) is 0. The first kappa shape index (κ1) is 13.3. The molecule has 0 saturated heterocycles. The van der Waals surface area contributed by atoms with E-state index in [1.807, 2.05) is 6.08 Å². The van der Waals surface area contributed by atoms with Crippen LogP contribution in [0.3, 0.4) is 0 Å². The summed E-state index contributed by atoms with van der Waals surface area (Å²) in [7, 11) is 0. The van der Waals surface area contributed by atoms with Crippen LogP contribution in [0.15, 0.2) is 5.57 Å². The zero-order valence-corrected chi connectivity index (χ0v) is 8.37. The molecule has 0 aromatic rings. The molecule has 0 aliphatic carbocycles. The minimum absolute atomic E-state index is 0. The summed E-state index contributed by atoms with van der Waals surface area (Å²) in [5.41, 5.74) is -0.238. The number of rotatable bonds is 1. The molecule has 4 nitrogen and oxygen atoms in total. The third-order valence-corrected chi connectivity index (χ3v) is 0.858. The molecule has 0 aliphatic rings. The molecule has 0 N–H and O–H groups in total. The van der Waals surface area contributed by atoms with Crippen molar-refractivity contribution in [2.45, 2.75) is 0 Å². The minimum atomic E-state index is -1.18. The summed E-state index contributed by atoms with van der Waals surface area (Å²) in [5, 5.41) is 32.9. The van der Waals surface area contributed by atoms with Crippen molar-refractivity contribution < 1.29 is 29.6 Å². The fourth-order valence-electron chi connectivity index (χ4n) is 0.383. The second-order valence-electron chi connectivity index (χ2n) is 1.45. The van der Waals surface area contributed by atoms with E-state index in [-0.39, 0.29) is 35.1 Å². The standard InChI is InChI=1S/C7HN4.Na/c8-2-1-6(3-9)7(4-10)5-11;/h7H;/q-1;+1. The van der Waals surface area contributed by atoms with Crippen molar-refractivity contribution in [1.82, 2.24) is 0 Å². The molecule has 0 rings (SSSR count). The first-order chi connectivity index (χ1) is 5.29. The van der Waals surface area contributed by atoms with Crippen LogP contribution < -0.4 is 29.6 Å². The Hall–Kier alpha value is -1.30. The van der Waals surface area contributed by atoms with Crippen LogP contribution in [-0.4, -0.2) is 0 Å². The summed E-state index contributed by atoms with van der Waals surface area (Å²) in [6.07, 6.45) is 1.95. The quantitative estimate of drug-likeness (QED) is 0.242. The molecule has 0 aromatic carbocycles. The SMILES string of the molecule is N#C[C-]=C(C#N)C(C#N)C#N.[Na+]. The average molecular weight is 164 g/mol. The van der Waals surface area contributed by atoms with E-state index in [0.29, 0.717) is 0 Å². The predicted molar refractivity (Wildman–Crippen MR) is 32.7 cm³/mol. The smallest absolute Gasteiger partial charge is 0.329 e. The van der Waals surface area contributed by atoms with Crippen LogP contribution >= 0.6 is 0 Å². The van der Waals surface area contributed by atoms with Crippen molar-refractivity contribution in [1.29, 1.82) is 21.0 Å². The molecule has 0 saturated carbocycles. The Morgan fingerprint density at radius 1 is 1.08 bits per heavy atom. The maximum atomic E-state index is 8.29. The van der Waals surface area contributed by atoms with Gasteiger partial charge in [0.2, 0.25) is 0 Å². The van der Waals surface area contributed by atoms with Crippen molar-refractivity contribution in [3.05, 3.63) is 11.6 Å². The van der Waals surface area contributed by atoms with Crippen molar-refractivity contribution >= 4 is 0 Å². The third-order valence-electron chi connectivity index (χ3n) is 0.858. The van der Waals surface area contributed by atoms with E-state index in [9.17, 15) is 0 Å². The summed E-state index contributed by atoms with van der Waals surface area (Å²) in [4.78, 5) is 0. The van der Waals surface area contributed by atoms with Gasteiger partial charge in [0.25, 0.3) is 0 Å². The molecule has 0 aromatic heterocycles. The summed E-state index contributed by atoms with van der Waals surface area (Å²) in [6, 6.07) is 6.11. The number of nitriles is 4. The second kappa shape index (κ2) is 7.80. The Morgan fingerprint density at radius 2 is 1.58 bits per heavy atom. The van der Waals surface area contributed by atoms with Crippen LogP contribution in [-0.2, 0) is 0 Å². The normalized spacial score (nSPS) is 8.25. The number of hydrogen-bond acceptors (Lipinski definition) is 4. The van der Waals surface area contributed by atoms with E-state index < -0.39 is 5.92 Å². The molecule has 0 aliphatic heterocycles. The fraction of sp³-hybridized carbons (Fsp3) is 0.143. The zero-order chi connectivity index (χ0) is 8.69. The van der Waals surface area contributed by atoms with E-state index in [1.165, 1.54) is 6.07 Å². The van der Waals surface area contributed by atoms with Crippen LogP contribution in [0.1, 0.15) is 0 Å². The summed E-state index contributed by atoms with van der Waals surface area (Å²) in [5.74, 6) is -1.18. The summed E-state index contributed by atoms with van der Waals surface area (Å²) >= 11 is 0. The first-order valence-electron chi connectivity index (χ1n) is 2.51. The number of hydrogen-bond donors (Lipinski definition) is 0. The van der Waals surface area contributed by atoms with Crippen LogP contribution in [0.2, 0.25) is 0 Å². The number of nitrogens with zero attached hydrogens (tertiary/aromatic N) is 4. The Morgan fingerprint density at radius 3 is 1.83 bits per heavy atom. The largest absolute Gasteiger partial charge is 1.00 e. The van der Waals surface area contributed by atoms with Gasteiger partial charge in [0.15, 0.2) is 0 Å². The van der Waals surface area contributed by atoms with Gasteiger partial charge in [-0.2, -0.15) is 10.5 Å². The Labute approximate surface area is 92.2 Å². The van der Waals surface area contributed by atoms with E-state index in [1.54, 1.807) is 18.2 Å². The van der Waals surface area contributed by atoms with Gasteiger partial charge in [0.1, 0.15) is 5.92 Å². The molecule has 12 heavy (non-hydrogen) atoms. The van der Waals surface area contributed by atoms with Crippen LogP contribution in [0.5, 0.6) is 0 Å². The Balaban J connectivity index is 0. The van der Waals surface area contributed by atoms with E-state index >= 15 is 0 Å². The van der Waals surface area contributed by atoms with Crippen LogP contribution in [0, 0.1) is 57.3 Å². The zero-order valence-electron chi connectivity index (χ0n) is 6.37. The van der Waals surface area contributed by atoms with Gasteiger partial charge in [-0.25, -0.2) is 5.26 Å². The van der Waals surface area contributed by atoms with Crippen LogP contribution in [0.4, 0.5) is 0 Å². The van der Waals surface area contributed by atoms with Gasteiger partial charge >= 0.3 is 29.6 Å². The van der Waals surface area contributed by atoms with Crippen molar-refractivity contribution in [3.63, 3.8) is 0 Å². The molecule has 5 heteroatoms. The van der Waals surface area contributed by atoms with E-state index in [0.717, 1.165) is 0 Å². The fourth-order valence-corrected chi connectivity index (χ4v) is 0.383. The third kappa shape index (κ3) is 3.77. The van der Waals surface area contributed by atoms with Gasteiger partial charge in [0.05, 0.1) is 12.1 Å². The second-order valence-corrected chi connectivity index (χ2v) is 1.45. The molecule has 0 unspecified atom stereocenters. The topological polar surface area (TPSA) is 95.2 Å². The van der Waals surface area contributed by atoms with Gasteiger partial charge in [-0.3, -0.25) is 0 Å². The van der Waals surface area contributed by atoms with Crippen molar-refractivity contribution in [3.8, 4) is 24.3 Å². The van der Waals surface area contributed by atoms with Crippen molar-refractivity contribution in [2.24, 2.45) is 5.92 Å². The van der Waals surface area contributed by atoms with Gasteiger partial charge < -0.3 is 5.26 Å². The average Bonchev–Trinajstić information content (AvgIpc) is 2.05. The molecule has 0 atom stereocenters. The number of allylic oxidation sites excluding steroid dienone is 2. The Kier molecular flexibility index (Phi) is 8.65. The van der Waals surface area contributed by atoms with Gasteiger partial charge in [-0.05, 0) is 6.07 Å². The molecule has 50 valence electrons. The van der Waals surface area contributed by atoms with Crippen LogP contribution in [0.25, 0.3) is 0 Å². The molecule has 0 spiro atoms. The van der Waals surface area contributed by atoms with Gasteiger partial charge in [-0.15, -0.1) is 17.7 Å². The minimum Gasteiger partial charge on any atom is -0.329 e. The van der Waals surface area contributed by atoms with Gasteiger partial charge in [-0.1, -0.05) is 0 Å². The molecule has 0 radical (unpaired) electrons. The molecule has 0 bridgehead atoms. The first-order valence-corrected chi connectivity index (χ1v) is 2.51. The maximum absolute atomic E-state index is 8.29. The molecule has 0 fully saturated rings. The van der Waals surface area contributed by atoms with Crippen molar-refractivity contribution in [2.75, 3.05) is 0 Å². The molecular weight excluding hydrogens is 163 g/mol. The molecule has 0 heterocycles. The molecular formula is C7HN4Na. The van der Waals surface area contributed by atoms with E-state index in [2.05, 4.69) is 0 Å². The maximum Gasteiger partial charge on any atom is 1.00 e. The molecule has 0 amide bonds. The van der Waals surface area contributed by atoms with E-state index in [4.69, 9.17) is 21.0 Å². The van der Waals surface area contributed by atoms with Gasteiger partial charge in [0, 0.05) is 0 Å². The summed E-state index contributed by atoms with van der Waals surface area (Å²) < 4.78 is 0. The predicted octanol–water partition coefficient (Wildman–Crippen LogP) is -2.57.